The fraction of sp³-hybridized carbons (Fsp3) is 0.467. The maximum absolute atomic E-state index is 11.9. The molecule has 0 bridgehead atoms. The lowest BCUT2D eigenvalue weighted by Crippen LogP contribution is -2.50. The van der Waals surface area contributed by atoms with Crippen molar-refractivity contribution in [2.45, 2.75) is 33.2 Å². The van der Waals surface area contributed by atoms with E-state index in [0.717, 1.165) is 10.0 Å². The molecule has 0 heterocycles. The van der Waals surface area contributed by atoms with Gasteiger partial charge in [-0.05, 0) is 37.5 Å². The molecule has 1 rings (SSSR count). The van der Waals surface area contributed by atoms with Crippen molar-refractivity contribution in [2.24, 2.45) is 5.92 Å². The van der Waals surface area contributed by atoms with Gasteiger partial charge in [-0.15, -0.1) is 0 Å². The molecule has 21 heavy (non-hydrogen) atoms. The second-order valence-corrected chi connectivity index (χ2v) is 6.66. The molecule has 0 saturated carbocycles. The van der Waals surface area contributed by atoms with Gasteiger partial charge in [-0.25, -0.2) is 0 Å². The van der Waals surface area contributed by atoms with Gasteiger partial charge in [-0.3, -0.25) is 4.79 Å². The highest BCUT2D eigenvalue weighted by atomic mass is 79.9. The number of benzene rings is 1. The van der Waals surface area contributed by atoms with E-state index in [0.29, 0.717) is 10.8 Å². The molecule has 1 atom stereocenters. The SMILES string of the molecule is Cc1cc(Br)cc(Cl)c1OCC(=O)NC(C)(C#N)C(C)C. The Morgan fingerprint density at radius 3 is 2.67 bits per heavy atom. The Balaban J connectivity index is 2.73. The van der Waals surface area contributed by atoms with E-state index in [2.05, 4.69) is 27.3 Å². The predicted molar refractivity (Wildman–Crippen MR) is 86.4 cm³/mol. The summed E-state index contributed by atoms with van der Waals surface area (Å²) in [5.41, 5.74) is -0.0898. The lowest BCUT2D eigenvalue weighted by Gasteiger charge is -2.27. The number of hydrogen-bond donors (Lipinski definition) is 1. The van der Waals surface area contributed by atoms with E-state index in [9.17, 15) is 10.1 Å². The number of hydrogen-bond acceptors (Lipinski definition) is 3. The number of nitrogens with one attached hydrogen (secondary N) is 1. The van der Waals surface area contributed by atoms with E-state index in [4.69, 9.17) is 16.3 Å². The largest absolute Gasteiger partial charge is 0.482 e. The minimum absolute atomic E-state index is 0.00976. The molecule has 1 aromatic rings. The van der Waals surface area contributed by atoms with Gasteiger partial charge in [0.15, 0.2) is 6.61 Å². The summed E-state index contributed by atoms with van der Waals surface area (Å²) < 4.78 is 6.33. The molecule has 1 aromatic carbocycles. The third kappa shape index (κ3) is 4.62. The van der Waals surface area contributed by atoms with Crippen molar-refractivity contribution in [3.63, 3.8) is 0 Å². The smallest absolute Gasteiger partial charge is 0.259 e. The summed E-state index contributed by atoms with van der Waals surface area (Å²) in [5.74, 6) is 0.105. The predicted octanol–water partition coefficient (Wildman–Crippen LogP) is 3.84. The molecule has 0 aliphatic carbocycles. The maximum Gasteiger partial charge on any atom is 0.259 e. The van der Waals surface area contributed by atoms with Crippen LogP contribution in [0.1, 0.15) is 26.3 Å². The minimum atomic E-state index is -0.918. The van der Waals surface area contributed by atoms with Crippen LogP contribution in [0.2, 0.25) is 5.02 Å². The van der Waals surface area contributed by atoms with E-state index in [1.807, 2.05) is 26.8 Å². The Hall–Kier alpha value is -1.25. The molecule has 0 saturated heterocycles. The van der Waals surface area contributed by atoms with Crippen molar-refractivity contribution in [2.75, 3.05) is 6.61 Å². The van der Waals surface area contributed by atoms with Crippen molar-refractivity contribution in [1.29, 1.82) is 5.26 Å². The molecule has 0 aliphatic heterocycles. The Morgan fingerprint density at radius 1 is 1.57 bits per heavy atom. The molecular weight excluding hydrogens is 356 g/mol. The molecular formula is C15H18BrClN2O2. The van der Waals surface area contributed by atoms with Crippen molar-refractivity contribution >= 4 is 33.4 Å². The Morgan fingerprint density at radius 2 is 2.19 bits per heavy atom. The summed E-state index contributed by atoms with van der Waals surface area (Å²) in [6, 6.07) is 5.67. The molecule has 0 aliphatic rings. The average molecular weight is 374 g/mol. The van der Waals surface area contributed by atoms with Gasteiger partial charge in [0.05, 0.1) is 11.1 Å². The number of ether oxygens (including phenoxy) is 1. The Bertz CT molecular complexity index is 561. The van der Waals surface area contributed by atoms with E-state index < -0.39 is 5.54 Å². The topological polar surface area (TPSA) is 62.1 Å². The summed E-state index contributed by atoms with van der Waals surface area (Å²) >= 11 is 9.43. The number of carbonyl (C=O) groups is 1. The number of nitriles is 1. The molecule has 114 valence electrons. The van der Waals surface area contributed by atoms with Crippen LogP contribution in [-0.4, -0.2) is 18.1 Å². The highest BCUT2D eigenvalue weighted by Gasteiger charge is 2.30. The van der Waals surface area contributed by atoms with Gasteiger partial charge in [-0.1, -0.05) is 41.4 Å². The summed E-state index contributed by atoms with van der Waals surface area (Å²) in [4.78, 5) is 11.9. The van der Waals surface area contributed by atoms with Crippen LogP contribution in [0.3, 0.4) is 0 Å². The molecule has 0 radical (unpaired) electrons. The normalized spacial score (nSPS) is 13.4. The fourth-order valence-electron chi connectivity index (χ4n) is 1.64. The highest BCUT2D eigenvalue weighted by Crippen LogP contribution is 2.31. The maximum atomic E-state index is 11.9. The van der Waals surface area contributed by atoms with E-state index >= 15 is 0 Å². The monoisotopic (exact) mass is 372 g/mol. The Kier molecular flexibility index (Phi) is 6.06. The fourth-order valence-corrected chi connectivity index (χ4v) is 2.66. The van der Waals surface area contributed by atoms with Crippen LogP contribution in [-0.2, 0) is 4.79 Å². The first kappa shape index (κ1) is 17.8. The number of nitrogens with zero attached hydrogens (tertiary/aromatic N) is 1. The second-order valence-electron chi connectivity index (χ2n) is 5.34. The first-order chi connectivity index (χ1) is 9.69. The average Bonchev–Trinajstić information content (AvgIpc) is 2.36. The summed E-state index contributed by atoms with van der Waals surface area (Å²) in [6.07, 6.45) is 0. The molecule has 0 spiro atoms. The number of amides is 1. The van der Waals surface area contributed by atoms with E-state index in [1.54, 1.807) is 13.0 Å². The zero-order chi connectivity index (χ0) is 16.2. The second kappa shape index (κ2) is 7.15. The summed E-state index contributed by atoms with van der Waals surface area (Å²) in [6.45, 7) is 7.09. The molecule has 1 unspecified atom stereocenters. The van der Waals surface area contributed by atoms with Gasteiger partial charge in [0.2, 0.25) is 0 Å². The van der Waals surface area contributed by atoms with Crippen molar-refractivity contribution < 1.29 is 9.53 Å². The zero-order valence-electron chi connectivity index (χ0n) is 12.5. The third-order valence-electron chi connectivity index (χ3n) is 3.33. The van der Waals surface area contributed by atoms with Gasteiger partial charge in [0, 0.05) is 4.47 Å². The molecule has 0 aromatic heterocycles. The third-order valence-corrected chi connectivity index (χ3v) is 4.07. The number of aryl methyl sites for hydroxylation is 1. The van der Waals surface area contributed by atoms with Gasteiger partial charge in [0.25, 0.3) is 5.91 Å². The van der Waals surface area contributed by atoms with Gasteiger partial charge in [-0.2, -0.15) is 5.26 Å². The standard InChI is InChI=1S/C15H18BrClN2O2/c1-9(2)15(4,8-18)19-13(20)7-21-14-10(3)5-11(16)6-12(14)17/h5-6,9H,7H2,1-4H3,(H,19,20). The number of carbonyl (C=O) groups excluding carboxylic acids is 1. The van der Waals surface area contributed by atoms with Gasteiger partial charge in [0.1, 0.15) is 11.3 Å². The van der Waals surface area contributed by atoms with Crippen LogP contribution >= 0.6 is 27.5 Å². The summed E-state index contributed by atoms with van der Waals surface area (Å²) in [5, 5.41) is 12.3. The quantitative estimate of drug-likeness (QED) is 0.853. The van der Waals surface area contributed by atoms with Crippen molar-refractivity contribution in [1.82, 2.24) is 5.32 Å². The lowest BCUT2D eigenvalue weighted by atomic mass is 9.90. The van der Waals surface area contributed by atoms with Crippen LogP contribution in [0.5, 0.6) is 5.75 Å². The van der Waals surface area contributed by atoms with Crippen molar-refractivity contribution in [3.8, 4) is 11.8 Å². The van der Waals surface area contributed by atoms with Gasteiger partial charge >= 0.3 is 0 Å². The lowest BCUT2D eigenvalue weighted by molar-refractivity contribution is -0.124. The van der Waals surface area contributed by atoms with Gasteiger partial charge < -0.3 is 10.1 Å². The molecule has 1 amide bonds. The molecule has 4 nitrogen and oxygen atoms in total. The number of rotatable bonds is 5. The number of halogens is 2. The van der Waals surface area contributed by atoms with Crippen molar-refractivity contribution in [3.05, 3.63) is 27.2 Å². The minimum Gasteiger partial charge on any atom is -0.482 e. The van der Waals surface area contributed by atoms with Crippen LogP contribution < -0.4 is 10.1 Å². The highest BCUT2D eigenvalue weighted by molar-refractivity contribution is 9.10. The molecule has 0 fully saturated rings. The van der Waals surface area contributed by atoms with Crippen LogP contribution in [0.4, 0.5) is 0 Å². The van der Waals surface area contributed by atoms with E-state index in [1.165, 1.54) is 0 Å². The Labute approximate surface area is 138 Å². The van der Waals surface area contributed by atoms with E-state index in [-0.39, 0.29) is 18.4 Å². The van der Waals surface area contributed by atoms with Crippen LogP contribution in [0.15, 0.2) is 16.6 Å². The first-order valence-corrected chi connectivity index (χ1v) is 7.67. The summed E-state index contributed by atoms with van der Waals surface area (Å²) in [7, 11) is 0. The van der Waals surface area contributed by atoms with Crippen LogP contribution in [0.25, 0.3) is 0 Å². The van der Waals surface area contributed by atoms with Crippen LogP contribution in [0, 0.1) is 24.2 Å². The first-order valence-electron chi connectivity index (χ1n) is 6.50. The molecule has 6 heteroatoms. The zero-order valence-corrected chi connectivity index (χ0v) is 14.8. The molecule has 1 N–H and O–H groups in total.